The van der Waals surface area contributed by atoms with Gasteiger partial charge in [-0.3, -0.25) is 4.79 Å². The molecule has 0 aliphatic carbocycles. The summed E-state index contributed by atoms with van der Waals surface area (Å²) < 4.78 is 0. The Kier molecular flexibility index (Phi) is 9.65. The Labute approximate surface area is 110 Å². The zero-order valence-electron chi connectivity index (χ0n) is 11.7. The molecule has 1 amide bonds. The van der Waals surface area contributed by atoms with Gasteiger partial charge in [0.2, 0.25) is 5.91 Å². The second kappa shape index (κ2) is 9.77. The minimum atomic E-state index is 0.107. The van der Waals surface area contributed by atoms with E-state index in [0.29, 0.717) is 5.92 Å². The predicted molar refractivity (Wildman–Crippen MR) is 77.2 cm³/mol. The molecule has 3 nitrogen and oxygen atoms in total. The standard InChI is InChI=1S/C13H28N2OS/c1-10(9-17-4)8-15-13(16)11(2)6-5-7-12(3)14/h10-12H,5-9,14H2,1-4H3,(H,15,16). The van der Waals surface area contributed by atoms with Crippen molar-refractivity contribution in [2.24, 2.45) is 17.6 Å². The molecule has 4 heteroatoms. The van der Waals surface area contributed by atoms with Gasteiger partial charge in [0.25, 0.3) is 0 Å². The molecule has 0 saturated heterocycles. The summed E-state index contributed by atoms with van der Waals surface area (Å²) in [5, 5.41) is 3.02. The van der Waals surface area contributed by atoms with Crippen LogP contribution in [0.1, 0.15) is 40.0 Å². The summed E-state index contributed by atoms with van der Waals surface area (Å²) in [5.74, 6) is 1.93. The van der Waals surface area contributed by atoms with E-state index in [9.17, 15) is 4.79 Å². The summed E-state index contributed by atoms with van der Waals surface area (Å²) in [6.07, 6.45) is 5.06. The van der Waals surface area contributed by atoms with Gasteiger partial charge in [-0.05, 0) is 37.7 Å². The fraction of sp³-hybridized carbons (Fsp3) is 0.923. The van der Waals surface area contributed by atoms with E-state index in [1.165, 1.54) is 0 Å². The van der Waals surface area contributed by atoms with E-state index in [4.69, 9.17) is 5.73 Å². The SMILES string of the molecule is CSCC(C)CNC(=O)C(C)CCCC(C)N. The van der Waals surface area contributed by atoms with Crippen molar-refractivity contribution in [2.45, 2.75) is 46.1 Å². The Morgan fingerprint density at radius 2 is 1.94 bits per heavy atom. The molecule has 0 bridgehead atoms. The number of rotatable bonds is 9. The van der Waals surface area contributed by atoms with Crippen LogP contribution in [0.5, 0.6) is 0 Å². The number of carbonyl (C=O) groups is 1. The summed E-state index contributed by atoms with van der Waals surface area (Å²) in [4.78, 5) is 11.8. The molecule has 0 aromatic heterocycles. The molecule has 0 spiro atoms. The van der Waals surface area contributed by atoms with Crippen molar-refractivity contribution in [2.75, 3.05) is 18.6 Å². The lowest BCUT2D eigenvalue weighted by Crippen LogP contribution is -2.33. The molecule has 0 saturated carbocycles. The number of amides is 1. The Bertz CT molecular complexity index is 210. The molecule has 0 aromatic rings. The van der Waals surface area contributed by atoms with Gasteiger partial charge in [-0.2, -0.15) is 11.8 Å². The van der Waals surface area contributed by atoms with E-state index in [0.717, 1.165) is 31.6 Å². The van der Waals surface area contributed by atoms with Crippen molar-refractivity contribution in [1.82, 2.24) is 5.32 Å². The molecule has 3 atom stereocenters. The van der Waals surface area contributed by atoms with E-state index in [-0.39, 0.29) is 17.9 Å². The van der Waals surface area contributed by atoms with Gasteiger partial charge in [0, 0.05) is 18.5 Å². The highest BCUT2D eigenvalue weighted by Crippen LogP contribution is 2.09. The highest BCUT2D eigenvalue weighted by atomic mass is 32.2. The van der Waals surface area contributed by atoms with Crippen molar-refractivity contribution in [3.05, 3.63) is 0 Å². The van der Waals surface area contributed by atoms with Crippen LogP contribution in [0.15, 0.2) is 0 Å². The summed E-state index contributed by atoms with van der Waals surface area (Å²) in [5.41, 5.74) is 5.68. The summed E-state index contributed by atoms with van der Waals surface area (Å²) in [6, 6.07) is 0.242. The van der Waals surface area contributed by atoms with Gasteiger partial charge in [0.1, 0.15) is 0 Å². The van der Waals surface area contributed by atoms with Gasteiger partial charge in [-0.15, -0.1) is 0 Å². The van der Waals surface area contributed by atoms with Crippen LogP contribution in [0.3, 0.4) is 0 Å². The molecule has 0 aliphatic rings. The lowest BCUT2D eigenvalue weighted by atomic mass is 10.0. The average molecular weight is 260 g/mol. The van der Waals surface area contributed by atoms with Gasteiger partial charge in [0.05, 0.1) is 0 Å². The summed E-state index contributed by atoms with van der Waals surface area (Å²) in [7, 11) is 0. The molecule has 17 heavy (non-hydrogen) atoms. The van der Waals surface area contributed by atoms with Crippen molar-refractivity contribution in [3.8, 4) is 0 Å². The van der Waals surface area contributed by atoms with E-state index < -0.39 is 0 Å². The monoisotopic (exact) mass is 260 g/mol. The first-order valence-electron chi connectivity index (χ1n) is 6.49. The first-order chi connectivity index (χ1) is 7.97. The molecule has 3 N–H and O–H groups in total. The van der Waals surface area contributed by atoms with Gasteiger partial charge < -0.3 is 11.1 Å². The largest absolute Gasteiger partial charge is 0.356 e. The van der Waals surface area contributed by atoms with Crippen LogP contribution >= 0.6 is 11.8 Å². The molecule has 3 unspecified atom stereocenters. The van der Waals surface area contributed by atoms with Crippen molar-refractivity contribution in [1.29, 1.82) is 0 Å². The quantitative estimate of drug-likeness (QED) is 0.668. The van der Waals surface area contributed by atoms with Crippen LogP contribution in [0.2, 0.25) is 0 Å². The Balaban J connectivity index is 3.67. The lowest BCUT2D eigenvalue weighted by molar-refractivity contribution is -0.124. The topological polar surface area (TPSA) is 55.1 Å². The fourth-order valence-electron chi connectivity index (χ4n) is 1.67. The van der Waals surface area contributed by atoms with Crippen molar-refractivity contribution in [3.63, 3.8) is 0 Å². The molecule has 0 fully saturated rings. The van der Waals surface area contributed by atoms with Gasteiger partial charge in [0.15, 0.2) is 0 Å². The molecule has 0 aliphatic heterocycles. The summed E-state index contributed by atoms with van der Waals surface area (Å²) >= 11 is 1.82. The number of thioether (sulfide) groups is 1. The fourth-order valence-corrected chi connectivity index (χ4v) is 2.36. The molecule has 0 aromatic carbocycles. The number of hydrogen-bond donors (Lipinski definition) is 2. The molecule has 0 rings (SSSR count). The van der Waals surface area contributed by atoms with E-state index in [1.54, 1.807) is 0 Å². The van der Waals surface area contributed by atoms with Crippen molar-refractivity contribution < 1.29 is 4.79 Å². The maximum Gasteiger partial charge on any atom is 0.222 e. The molecule has 102 valence electrons. The minimum absolute atomic E-state index is 0.107. The predicted octanol–water partition coefficient (Wildman–Crippen LogP) is 2.26. The van der Waals surface area contributed by atoms with Crippen LogP contribution in [0.4, 0.5) is 0 Å². The number of carbonyl (C=O) groups excluding carboxylic acids is 1. The molecule has 0 heterocycles. The number of nitrogens with one attached hydrogen (secondary N) is 1. The van der Waals surface area contributed by atoms with E-state index in [2.05, 4.69) is 18.5 Å². The summed E-state index contributed by atoms with van der Waals surface area (Å²) in [6.45, 7) is 6.96. The second-order valence-corrected chi connectivity index (χ2v) is 6.03. The average Bonchev–Trinajstić information content (AvgIpc) is 2.25. The van der Waals surface area contributed by atoms with E-state index in [1.807, 2.05) is 25.6 Å². The third-order valence-corrected chi connectivity index (χ3v) is 3.72. The van der Waals surface area contributed by atoms with Gasteiger partial charge in [-0.1, -0.05) is 20.3 Å². The third-order valence-electron chi connectivity index (χ3n) is 2.82. The molecule has 0 radical (unpaired) electrons. The maximum atomic E-state index is 11.8. The Morgan fingerprint density at radius 1 is 1.29 bits per heavy atom. The molecular formula is C13H28N2OS. The highest BCUT2D eigenvalue weighted by molar-refractivity contribution is 7.98. The second-order valence-electron chi connectivity index (χ2n) is 5.11. The van der Waals surface area contributed by atoms with Gasteiger partial charge >= 0.3 is 0 Å². The van der Waals surface area contributed by atoms with Crippen LogP contribution < -0.4 is 11.1 Å². The normalized spacial score (nSPS) is 16.3. The Hall–Kier alpha value is -0.220. The third kappa shape index (κ3) is 9.48. The van der Waals surface area contributed by atoms with Gasteiger partial charge in [-0.25, -0.2) is 0 Å². The zero-order valence-corrected chi connectivity index (χ0v) is 12.5. The lowest BCUT2D eigenvalue weighted by Gasteiger charge is -2.15. The van der Waals surface area contributed by atoms with Crippen LogP contribution in [-0.4, -0.2) is 30.5 Å². The molecular weight excluding hydrogens is 232 g/mol. The number of hydrogen-bond acceptors (Lipinski definition) is 3. The van der Waals surface area contributed by atoms with Crippen LogP contribution in [0, 0.1) is 11.8 Å². The van der Waals surface area contributed by atoms with E-state index >= 15 is 0 Å². The number of nitrogens with two attached hydrogens (primary N) is 1. The van der Waals surface area contributed by atoms with Crippen molar-refractivity contribution >= 4 is 17.7 Å². The first-order valence-corrected chi connectivity index (χ1v) is 7.89. The smallest absolute Gasteiger partial charge is 0.222 e. The van der Waals surface area contributed by atoms with Crippen LogP contribution in [-0.2, 0) is 4.79 Å². The minimum Gasteiger partial charge on any atom is -0.356 e. The van der Waals surface area contributed by atoms with Crippen LogP contribution in [0.25, 0.3) is 0 Å². The highest BCUT2D eigenvalue weighted by Gasteiger charge is 2.13. The Morgan fingerprint density at radius 3 is 2.47 bits per heavy atom. The first kappa shape index (κ1) is 16.8. The zero-order chi connectivity index (χ0) is 13.3. The maximum absolute atomic E-state index is 11.8.